The number of fused-ring (bicyclic) bond motifs is 2. The Hall–Kier alpha value is -2.20. The van der Waals surface area contributed by atoms with E-state index in [4.69, 9.17) is 4.98 Å². The minimum atomic E-state index is 0.0654. The van der Waals surface area contributed by atoms with Gasteiger partial charge in [-0.3, -0.25) is 0 Å². The van der Waals surface area contributed by atoms with Crippen molar-refractivity contribution in [3.63, 3.8) is 0 Å². The van der Waals surface area contributed by atoms with Gasteiger partial charge in [0.25, 0.3) is 5.82 Å². The van der Waals surface area contributed by atoms with Gasteiger partial charge in [-0.05, 0) is 30.7 Å². The summed E-state index contributed by atoms with van der Waals surface area (Å²) in [4.78, 5) is 5.07. The van der Waals surface area contributed by atoms with Crippen molar-refractivity contribution >= 4 is 32.6 Å². The van der Waals surface area contributed by atoms with Crippen LogP contribution in [0.25, 0.3) is 32.6 Å². The first-order valence-electron chi connectivity index (χ1n) is 8.63. The van der Waals surface area contributed by atoms with Crippen LogP contribution < -0.4 is 4.57 Å². The van der Waals surface area contributed by atoms with E-state index in [1.165, 1.54) is 37.7 Å². The number of thiazole rings is 1. The van der Waals surface area contributed by atoms with Crippen LogP contribution in [0, 0.1) is 6.92 Å². The molecular formula is C21H24N3S+. The Bertz CT molecular complexity index is 1070. The Morgan fingerprint density at radius 2 is 1.80 bits per heavy atom. The van der Waals surface area contributed by atoms with Gasteiger partial charge in [0, 0.05) is 5.41 Å². The predicted molar refractivity (Wildman–Crippen MR) is 106 cm³/mol. The lowest BCUT2D eigenvalue weighted by molar-refractivity contribution is -0.634. The molecule has 4 heteroatoms. The maximum atomic E-state index is 5.07. The number of hydrogen-bond acceptors (Lipinski definition) is 2. The van der Waals surface area contributed by atoms with Gasteiger partial charge < -0.3 is 0 Å². The highest BCUT2D eigenvalue weighted by molar-refractivity contribution is 7.18. The number of benzene rings is 2. The van der Waals surface area contributed by atoms with Gasteiger partial charge >= 0.3 is 0 Å². The molecule has 0 atom stereocenters. The van der Waals surface area contributed by atoms with Gasteiger partial charge in [0.1, 0.15) is 0 Å². The highest BCUT2D eigenvalue weighted by atomic mass is 32.1. The van der Waals surface area contributed by atoms with Crippen molar-refractivity contribution in [2.75, 3.05) is 0 Å². The maximum absolute atomic E-state index is 5.07. The molecule has 0 aliphatic rings. The van der Waals surface area contributed by atoms with Crippen LogP contribution in [0.15, 0.2) is 36.4 Å². The Morgan fingerprint density at radius 1 is 1.08 bits per heavy atom. The summed E-state index contributed by atoms with van der Waals surface area (Å²) in [5.74, 6) is 1.20. The lowest BCUT2D eigenvalue weighted by Gasteiger charge is -2.13. The molecule has 0 N–H and O–H groups in total. The van der Waals surface area contributed by atoms with Crippen molar-refractivity contribution in [3.05, 3.63) is 47.0 Å². The molecule has 25 heavy (non-hydrogen) atoms. The molecule has 0 aliphatic carbocycles. The fraction of sp³-hybridized carbons (Fsp3) is 0.333. The van der Waals surface area contributed by atoms with E-state index >= 15 is 0 Å². The van der Waals surface area contributed by atoms with E-state index in [-0.39, 0.29) is 5.41 Å². The summed E-state index contributed by atoms with van der Waals surface area (Å²) in [6, 6.07) is 13.0. The number of aryl methyl sites for hydroxylation is 3. The average Bonchev–Trinajstić information content (AvgIpc) is 3.10. The van der Waals surface area contributed by atoms with Crippen LogP contribution in [-0.4, -0.2) is 9.55 Å². The van der Waals surface area contributed by atoms with E-state index in [1.807, 2.05) is 11.3 Å². The molecule has 0 unspecified atom stereocenters. The Kier molecular flexibility index (Phi) is 3.51. The summed E-state index contributed by atoms with van der Waals surface area (Å²) in [6.07, 6.45) is 0. The lowest BCUT2D eigenvalue weighted by atomic mass is 9.98. The Balaban J connectivity index is 2.11. The fourth-order valence-electron chi connectivity index (χ4n) is 3.52. The first-order chi connectivity index (χ1) is 11.8. The average molecular weight is 351 g/mol. The first kappa shape index (κ1) is 16.3. The van der Waals surface area contributed by atoms with Gasteiger partial charge in [0.2, 0.25) is 0 Å². The largest absolute Gasteiger partial charge is 0.291 e. The zero-order valence-corrected chi connectivity index (χ0v) is 16.5. The number of nitrogens with zero attached hydrogens (tertiary/aromatic N) is 3. The van der Waals surface area contributed by atoms with Crippen LogP contribution in [0.3, 0.4) is 0 Å². The molecule has 0 fully saturated rings. The normalized spacial score (nSPS) is 12.4. The lowest BCUT2D eigenvalue weighted by Crippen LogP contribution is -2.30. The van der Waals surface area contributed by atoms with Gasteiger partial charge in [-0.15, -0.1) is 11.3 Å². The minimum absolute atomic E-state index is 0.0654. The number of aromatic nitrogens is 3. The van der Waals surface area contributed by atoms with Crippen LogP contribution in [-0.2, 0) is 19.5 Å². The summed E-state index contributed by atoms with van der Waals surface area (Å²) >= 11 is 1.81. The molecule has 4 aromatic rings. The van der Waals surface area contributed by atoms with Crippen LogP contribution in [0.4, 0.5) is 0 Å². The number of imidazole rings is 1. The van der Waals surface area contributed by atoms with Gasteiger partial charge in [-0.25, -0.2) is 14.1 Å². The highest BCUT2D eigenvalue weighted by Crippen LogP contribution is 2.37. The second-order valence-corrected chi connectivity index (χ2v) is 8.83. The topological polar surface area (TPSA) is 21.7 Å². The molecule has 3 nitrogen and oxygen atoms in total. The van der Waals surface area contributed by atoms with Gasteiger partial charge in [-0.2, -0.15) is 0 Å². The van der Waals surface area contributed by atoms with Crippen molar-refractivity contribution in [3.8, 4) is 11.4 Å². The van der Waals surface area contributed by atoms with E-state index in [1.54, 1.807) is 0 Å². The van der Waals surface area contributed by atoms with Crippen molar-refractivity contribution in [2.45, 2.75) is 33.1 Å². The van der Waals surface area contributed by atoms with Crippen molar-refractivity contribution in [2.24, 2.45) is 14.1 Å². The van der Waals surface area contributed by atoms with Crippen LogP contribution in [0.5, 0.6) is 0 Å². The smallest absolute Gasteiger partial charge is 0.240 e. The van der Waals surface area contributed by atoms with E-state index in [0.29, 0.717) is 0 Å². The van der Waals surface area contributed by atoms with Crippen molar-refractivity contribution < 1.29 is 4.57 Å². The fourth-order valence-corrected chi connectivity index (χ4v) is 4.55. The summed E-state index contributed by atoms with van der Waals surface area (Å²) < 4.78 is 5.83. The van der Waals surface area contributed by atoms with Gasteiger partial charge in [0.05, 0.1) is 34.9 Å². The molecule has 0 bridgehead atoms. The zero-order valence-electron chi connectivity index (χ0n) is 15.7. The minimum Gasteiger partial charge on any atom is -0.240 e. The molecule has 2 aromatic heterocycles. The molecule has 4 rings (SSSR count). The molecule has 0 spiro atoms. The number of rotatable bonds is 1. The highest BCUT2D eigenvalue weighted by Gasteiger charge is 2.27. The van der Waals surface area contributed by atoms with Crippen molar-refractivity contribution in [1.29, 1.82) is 0 Å². The molecule has 0 saturated heterocycles. The Morgan fingerprint density at radius 3 is 2.48 bits per heavy atom. The van der Waals surface area contributed by atoms with Crippen LogP contribution in [0.1, 0.15) is 31.3 Å². The second kappa shape index (κ2) is 5.40. The van der Waals surface area contributed by atoms with E-state index in [2.05, 4.69) is 87.3 Å². The third kappa shape index (κ3) is 2.39. The summed E-state index contributed by atoms with van der Waals surface area (Å²) in [7, 11) is 4.29. The second-order valence-electron chi connectivity index (χ2n) is 7.80. The van der Waals surface area contributed by atoms with Gasteiger partial charge in [0.15, 0.2) is 11.0 Å². The summed E-state index contributed by atoms with van der Waals surface area (Å²) in [5.41, 5.74) is 6.17. The van der Waals surface area contributed by atoms with E-state index in [9.17, 15) is 0 Å². The molecule has 2 aromatic carbocycles. The Labute approximate surface area is 152 Å². The molecule has 0 radical (unpaired) electrons. The summed E-state index contributed by atoms with van der Waals surface area (Å²) in [6.45, 7) is 8.87. The molecule has 128 valence electrons. The molecule has 0 saturated carbocycles. The van der Waals surface area contributed by atoms with E-state index < -0.39 is 0 Å². The predicted octanol–water partition coefficient (Wildman–Crippen LogP) is 4.89. The third-order valence-electron chi connectivity index (χ3n) is 4.87. The van der Waals surface area contributed by atoms with Crippen LogP contribution in [0.2, 0.25) is 0 Å². The number of para-hydroxylation sites is 2. The SMILES string of the molecule is Cc1ccc2sc(C(C)(C)C)nc2c1-c1n(C)c2ccccc2[n+]1C. The number of hydrogen-bond donors (Lipinski definition) is 0. The molecule has 2 heterocycles. The zero-order chi connectivity index (χ0) is 17.9. The van der Waals surface area contributed by atoms with E-state index in [0.717, 1.165) is 5.52 Å². The quantitative estimate of drug-likeness (QED) is 0.448. The molecule has 0 amide bonds. The first-order valence-corrected chi connectivity index (χ1v) is 9.45. The summed E-state index contributed by atoms with van der Waals surface area (Å²) in [5, 5.41) is 1.19. The van der Waals surface area contributed by atoms with Gasteiger partial charge in [-0.1, -0.05) is 39.0 Å². The monoisotopic (exact) mass is 350 g/mol. The third-order valence-corrected chi connectivity index (χ3v) is 6.32. The standard InChI is InChI=1S/C21H24N3S/c1-13-11-12-16-18(22-20(25-16)21(2,3)4)17(13)19-23(5)14-9-7-8-10-15(14)24(19)6/h7-12H,1-6H3/q+1. The van der Waals surface area contributed by atoms with Crippen molar-refractivity contribution in [1.82, 2.24) is 9.55 Å². The maximum Gasteiger partial charge on any atom is 0.291 e. The molecular weight excluding hydrogens is 326 g/mol. The molecule has 0 aliphatic heterocycles. The van der Waals surface area contributed by atoms with Crippen LogP contribution >= 0.6 is 11.3 Å².